The van der Waals surface area contributed by atoms with Crippen molar-refractivity contribution >= 4 is 22.8 Å². The molecule has 0 amide bonds. The van der Waals surface area contributed by atoms with Gasteiger partial charge in [-0.1, -0.05) is 20.8 Å². The lowest BCUT2D eigenvalue weighted by molar-refractivity contribution is 0.294. The molecule has 0 aliphatic carbocycles. The summed E-state index contributed by atoms with van der Waals surface area (Å²) in [6.45, 7) is 9.79. The largest absolute Gasteiger partial charge is 0.312 e. The highest BCUT2D eigenvalue weighted by molar-refractivity contribution is 6.17. The van der Waals surface area contributed by atoms with Gasteiger partial charge in [-0.15, -0.1) is 11.6 Å². The van der Waals surface area contributed by atoms with E-state index >= 15 is 0 Å². The number of rotatable bonds is 5. The van der Waals surface area contributed by atoms with Crippen molar-refractivity contribution < 1.29 is 0 Å². The van der Waals surface area contributed by atoms with Crippen molar-refractivity contribution in [2.24, 2.45) is 5.41 Å². The van der Waals surface area contributed by atoms with Crippen LogP contribution in [0.5, 0.6) is 0 Å². The first-order valence-electron chi connectivity index (χ1n) is 6.85. The number of alkyl halides is 1. The van der Waals surface area contributed by atoms with E-state index in [4.69, 9.17) is 16.6 Å². The van der Waals surface area contributed by atoms with Gasteiger partial charge in [0.15, 0.2) is 5.65 Å². The Kier molecular flexibility index (Phi) is 4.14. The van der Waals surface area contributed by atoms with E-state index in [1.54, 1.807) is 0 Å². The average molecular weight is 280 g/mol. The van der Waals surface area contributed by atoms with E-state index in [9.17, 15) is 0 Å². The van der Waals surface area contributed by atoms with Gasteiger partial charge in [0.05, 0.1) is 0 Å². The standard InChI is InChI=1S/C15H22ClN3/c1-5-15(3,4)10-19-12(6-8-16)18-13-11(2)7-9-17-14(13)19/h7,9H,5-6,8,10H2,1-4H3. The first kappa shape index (κ1) is 14.3. The lowest BCUT2D eigenvalue weighted by Crippen LogP contribution is -2.20. The maximum atomic E-state index is 5.91. The van der Waals surface area contributed by atoms with Gasteiger partial charge >= 0.3 is 0 Å². The van der Waals surface area contributed by atoms with E-state index in [-0.39, 0.29) is 5.41 Å². The molecule has 0 spiro atoms. The molecule has 0 unspecified atom stereocenters. The molecular weight excluding hydrogens is 258 g/mol. The molecule has 0 bridgehead atoms. The quantitative estimate of drug-likeness (QED) is 0.776. The zero-order chi connectivity index (χ0) is 14.0. The van der Waals surface area contributed by atoms with E-state index < -0.39 is 0 Å². The number of nitrogens with zero attached hydrogens (tertiary/aromatic N) is 3. The highest BCUT2D eigenvalue weighted by atomic mass is 35.5. The van der Waals surface area contributed by atoms with Gasteiger partial charge in [-0.2, -0.15) is 0 Å². The molecule has 2 aromatic rings. The summed E-state index contributed by atoms with van der Waals surface area (Å²) in [7, 11) is 0. The number of aromatic nitrogens is 3. The maximum absolute atomic E-state index is 5.91. The van der Waals surface area contributed by atoms with Crippen molar-refractivity contribution in [2.45, 2.75) is 47.1 Å². The van der Waals surface area contributed by atoms with Crippen LogP contribution in [0, 0.1) is 12.3 Å². The molecule has 0 aliphatic rings. The number of hydrogen-bond acceptors (Lipinski definition) is 2. The van der Waals surface area contributed by atoms with Crippen molar-refractivity contribution in [2.75, 3.05) is 5.88 Å². The molecule has 0 N–H and O–H groups in total. The number of aryl methyl sites for hydroxylation is 2. The predicted molar refractivity (Wildman–Crippen MR) is 80.8 cm³/mol. The molecule has 0 saturated carbocycles. The summed E-state index contributed by atoms with van der Waals surface area (Å²) < 4.78 is 2.24. The van der Waals surface area contributed by atoms with Crippen LogP contribution in [0.2, 0.25) is 0 Å². The molecule has 104 valence electrons. The van der Waals surface area contributed by atoms with Gasteiger partial charge in [0.1, 0.15) is 11.3 Å². The topological polar surface area (TPSA) is 30.7 Å². The molecule has 2 aromatic heterocycles. The van der Waals surface area contributed by atoms with Crippen LogP contribution in [0.3, 0.4) is 0 Å². The van der Waals surface area contributed by atoms with Crippen LogP contribution in [0.15, 0.2) is 12.3 Å². The fourth-order valence-corrected chi connectivity index (χ4v) is 2.33. The molecule has 0 aromatic carbocycles. The molecule has 4 heteroatoms. The van der Waals surface area contributed by atoms with Gasteiger partial charge in [-0.3, -0.25) is 0 Å². The van der Waals surface area contributed by atoms with E-state index in [1.165, 1.54) is 5.56 Å². The lowest BCUT2D eigenvalue weighted by Gasteiger charge is -2.24. The Labute approximate surface area is 120 Å². The van der Waals surface area contributed by atoms with Gasteiger partial charge < -0.3 is 4.57 Å². The number of fused-ring (bicyclic) bond motifs is 1. The molecule has 2 rings (SSSR count). The van der Waals surface area contributed by atoms with E-state index in [2.05, 4.69) is 37.2 Å². The van der Waals surface area contributed by atoms with Crippen LogP contribution >= 0.6 is 11.6 Å². The SMILES string of the molecule is CCC(C)(C)Cn1c(CCCl)nc2c(C)ccnc21. The third-order valence-corrected chi connectivity index (χ3v) is 3.97. The Bertz CT molecular complexity index is 572. The summed E-state index contributed by atoms with van der Waals surface area (Å²) in [6.07, 6.45) is 3.77. The molecular formula is C15H22ClN3. The second-order valence-corrected chi connectivity index (χ2v) is 6.25. The summed E-state index contributed by atoms with van der Waals surface area (Å²) in [4.78, 5) is 9.26. The van der Waals surface area contributed by atoms with E-state index in [0.717, 1.165) is 36.4 Å². The Morgan fingerprint density at radius 3 is 2.74 bits per heavy atom. The third-order valence-electron chi connectivity index (χ3n) is 3.78. The smallest absolute Gasteiger partial charge is 0.160 e. The molecule has 0 aliphatic heterocycles. The summed E-state index contributed by atoms with van der Waals surface area (Å²) in [6, 6.07) is 2.01. The van der Waals surface area contributed by atoms with Crippen LogP contribution < -0.4 is 0 Å². The molecule has 3 nitrogen and oxygen atoms in total. The van der Waals surface area contributed by atoms with Crippen LogP contribution in [-0.4, -0.2) is 20.4 Å². The van der Waals surface area contributed by atoms with Crippen LogP contribution in [0.25, 0.3) is 11.2 Å². The van der Waals surface area contributed by atoms with Crippen molar-refractivity contribution in [1.29, 1.82) is 0 Å². The Hall–Kier alpha value is -1.09. The fourth-order valence-electron chi connectivity index (χ4n) is 2.16. The highest BCUT2D eigenvalue weighted by Crippen LogP contribution is 2.26. The molecule has 19 heavy (non-hydrogen) atoms. The maximum Gasteiger partial charge on any atom is 0.160 e. The second-order valence-electron chi connectivity index (χ2n) is 5.87. The predicted octanol–water partition coefficient (Wildman–Crippen LogP) is 3.96. The number of pyridine rings is 1. The van der Waals surface area contributed by atoms with Crippen molar-refractivity contribution in [3.63, 3.8) is 0 Å². The average Bonchev–Trinajstić information content (AvgIpc) is 2.70. The summed E-state index contributed by atoms with van der Waals surface area (Å²) in [5.41, 5.74) is 3.41. The minimum Gasteiger partial charge on any atom is -0.312 e. The summed E-state index contributed by atoms with van der Waals surface area (Å²) in [5, 5.41) is 0. The minimum atomic E-state index is 0.236. The molecule has 0 saturated heterocycles. The monoisotopic (exact) mass is 279 g/mol. The lowest BCUT2D eigenvalue weighted by atomic mass is 9.90. The summed E-state index contributed by atoms with van der Waals surface area (Å²) >= 11 is 5.91. The van der Waals surface area contributed by atoms with Gasteiger partial charge in [0.25, 0.3) is 0 Å². The third kappa shape index (κ3) is 2.92. The normalized spacial score (nSPS) is 12.3. The number of hydrogen-bond donors (Lipinski definition) is 0. The Balaban J connectivity index is 2.55. The molecule has 2 heterocycles. The number of imidazole rings is 1. The number of halogens is 1. The van der Waals surface area contributed by atoms with Crippen LogP contribution in [-0.2, 0) is 13.0 Å². The first-order valence-corrected chi connectivity index (χ1v) is 7.38. The van der Waals surface area contributed by atoms with Gasteiger partial charge in [-0.25, -0.2) is 9.97 Å². The molecule has 0 atom stereocenters. The first-order chi connectivity index (χ1) is 8.98. The van der Waals surface area contributed by atoms with E-state index in [0.29, 0.717) is 5.88 Å². The fraction of sp³-hybridized carbons (Fsp3) is 0.600. The molecule has 0 fully saturated rings. The Morgan fingerprint density at radius 2 is 2.11 bits per heavy atom. The highest BCUT2D eigenvalue weighted by Gasteiger charge is 2.21. The zero-order valence-corrected chi connectivity index (χ0v) is 13.0. The van der Waals surface area contributed by atoms with Crippen LogP contribution in [0.1, 0.15) is 38.6 Å². The van der Waals surface area contributed by atoms with Gasteiger partial charge in [0.2, 0.25) is 0 Å². The Morgan fingerprint density at radius 1 is 1.37 bits per heavy atom. The van der Waals surface area contributed by atoms with Gasteiger partial charge in [0, 0.05) is 25.0 Å². The van der Waals surface area contributed by atoms with E-state index in [1.807, 2.05) is 12.3 Å². The molecule has 0 radical (unpaired) electrons. The summed E-state index contributed by atoms with van der Waals surface area (Å²) in [5.74, 6) is 1.64. The van der Waals surface area contributed by atoms with Crippen molar-refractivity contribution in [3.8, 4) is 0 Å². The van der Waals surface area contributed by atoms with Crippen LogP contribution in [0.4, 0.5) is 0 Å². The van der Waals surface area contributed by atoms with Crippen molar-refractivity contribution in [3.05, 3.63) is 23.7 Å². The second kappa shape index (κ2) is 5.49. The van der Waals surface area contributed by atoms with Gasteiger partial charge in [-0.05, 0) is 30.4 Å². The zero-order valence-electron chi connectivity index (χ0n) is 12.2. The van der Waals surface area contributed by atoms with Crippen molar-refractivity contribution in [1.82, 2.24) is 14.5 Å². The minimum absolute atomic E-state index is 0.236.